The first-order valence-corrected chi connectivity index (χ1v) is 15.0. The zero-order chi connectivity index (χ0) is 34.2. The number of benzene rings is 1. The number of hydrogen-bond acceptors (Lipinski definition) is 11. The molecule has 1 aromatic carbocycles. The standard InChI is InChI=1S/C32H37F3N2O9/c1-13-18-7-6-16(12-37-10-8-17(9-11-37)32(33,34)35)25(40)21(18)26(41)22-19(13)28(46-15(3)39)23-24(36(4)5)27(42)20(14(2)38)29(43)31(23,45)30(22)44/h6-7,13,17,19,23-24,28,40,42,44-45H,8-12H2,1-5H3/t13-,19+,23+,24-,28-,31+/m0/s1. The van der Waals surface area contributed by atoms with E-state index in [1.54, 1.807) is 24.0 Å². The van der Waals surface area contributed by atoms with Crippen molar-refractivity contribution in [1.29, 1.82) is 0 Å². The van der Waals surface area contributed by atoms with E-state index in [0.29, 0.717) is 5.56 Å². The Morgan fingerprint density at radius 2 is 1.70 bits per heavy atom. The number of esters is 1. The fourth-order valence-corrected chi connectivity index (χ4v) is 7.86. The quantitative estimate of drug-likeness (QED) is 0.273. The van der Waals surface area contributed by atoms with Gasteiger partial charge in [-0.25, -0.2) is 0 Å². The average molecular weight is 651 g/mol. The second kappa shape index (κ2) is 11.5. The van der Waals surface area contributed by atoms with Crippen molar-refractivity contribution >= 4 is 23.3 Å². The Balaban J connectivity index is 1.64. The number of piperidine rings is 1. The van der Waals surface area contributed by atoms with Crippen LogP contribution < -0.4 is 0 Å². The third kappa shape index (κ3) is 5.01. The highest BCUT2D eigenvalue weighted by molar-refractivity contribution is 6.25. The van der Waals surface area contributed by atoms with Crippen LogP contribution in [0.1, 0.15) is 61.0 Å². The summed E-state index contributed by atoms with van der Waals surface area (Å²) in [7, 11) is 2.98. The van der Waals surface area contributed by atoms with Crippen molar-refractivity contribution in [1.82, 2.24) is 9.80 Å². The lowest BCUT2D eigenvalue weighted by molar-refractivity contribution is -0.185. The Bertz CT molecular complexity index is 1570. The smallest absolute Gasteiger partial charge is 0.391 e. The van der Waals surface area contributed by atoms with Crippen LogP contribution in [0.3, 0.4) is 0 Å². The first-order chi connectivity index (χ1) is 21.3. The minimum Gasteiger partial charge on any atom is -0.510 e. The fourth-order valence-electron chi connectivity index (χ4n) is 7.86. The minimum atomic E-state index is -4.30. The molecule has 1 aromatic rings. The number of aromatic hydroxyl groups is 1. The lowest BCUT2D eigenvalue weighted by Crippen LogP contribution is -2.68. The van der Waals surface area contributed by atoms with Gasteiger partial charge < -0.3 is 25.2 Å². The molecule has 1 aliphatic heterocycles. The second-order valence-electron chi connectivity index (χ2n) is 13.0. The molecule has 0 spiro atoms. The van der Waals surface area contributed by atoms with E-state index in [-0.39, 0.29) is 43.6 Å². The molecule has 14 heteroatoms. The molecule has 3 aliphatic carbocycles. The maximum Gasteiger partial charge on any atom is 0.391 e. The Kier molecular flexibility index (Phi) is 8.40. The number of phenolic OH excluding ortho intramolecular Hbond substituents is 1. The summed E-state index contributed by atoms with van der Waals surface area (Å²) in [5.41, 5.74) is -3.90. The summed E-state index contributed by atoms with van der Waals surface area (Å²) >= 11 is 0. The molecule has 1 saturated heterocycles. The van der Waals surface area contributed by atoms with Gasteiger partial charge in [0.2, 0.25) is 5.78 Å². The minimum absolute atomic E-state index is 0.0386. The van der Waals surface area contributed by atoms with Crippen molar-refractivity contribution in [2.75, 3.05) is 27.2 Å². The van der Waals surface area contributed by atoms with E-state index >= 15 is 0 Å². The van der Waals surface area contributed by atoms with Crippen LogP contribution in [0.5, 0.6) is 5.75 Å². The van der Waals surface area contributed by atoms with Gasteiger partial charge in [-0.1, -0.05) is 19.1 Å². The Morgan fingerprint density at radius 3 is 2.22 bits per heavy atom. The number of ether oxygens (including phenoxy) is 1. The zero-order valence-corrected chi connectivity index (χ0v) is 26.0. The van der Waals surface area contributed by atoms with E-state index < -0.39 is 99.3 Å². The van der Waals surface area contributed by atoms with Crippen LogP contribution in [0, 0.1) is 17.8 Å². The van der Waals surface area contributed by atoms with Crippen molar-refractivity contribution in [3.05, 3.63) is 51.5 Å². The topological polar surface area (TPSA) is 165 Å². The SMILES string of the molecule is CC(=O)O[C@H]1[C@H]2C(=C(O)[C@]3(O)C(=O)C(C(C)=O)=C(O)[C@@H](N(C)C)[C@H]13)C(=O)c1c(ccc(CN3CCC(C(F)(F)F)CC3)c1O)[C@@H]2C. The number of nitrogens with zero attached hydrogens (tertiary/aromatic N) is 2. The number of phenols is 1. The van der Waals surface area contributed by atoms with E-state index in [1.165, 1.54) is 19.0 Å². The van der Waals surface area contributed by atoms with E-state index in [0.717, 1.165) is 13.8 Å². The van der Waals surface area contributed by atoms with Crippen LogP contribution in [0.2, 0.25) is 0 Å². The van der Waals surface area contributed by atoms with Crippen molar-refractivity contribution in [2.45, 2.75) is 70.0 Å². The number of fused-ring (bicyclic) bond motifs is 3. The first kappa shape index (κ1) is 33.6. The van der Waals surface area contributed by atoms with Crippen LogP contribution in [0.4, 0.5) is 13.2 Å². The van der Waals surface area contributed by atoms with E-state index in [2.05, 4.69) is 0 Å². The molecule has 1 heterocycles. The third-order valence-electron chi connectivity index (χ3n) is 10.0. The molecule has 1 fully saturated rings. The molecule has 0 unspecified atom stereocenters. The van der Waals surface area contributed by atoms with Gasteiger partial charge in [0.15, 0.2) is 17.2 Å². The first-order valence-electron chi connectivity index (χ1n) is 15.0. The van der Waals surface area contributed by atoms with Crippen LogP contribution in [0.25, 0.3) is 0 Å². The normalized spacial score (nSPS) is 30.7. The fraction of sp³-hybridized carbons (Fsp3) is 0.562. The number of carbonyl (C=O) groups excluding carboxylic acids is 4. The van der Waals surface area contributed by atoms with Crippen LogP contribution in [-0.4, -0.2) is 105 Å². The Hall–Kier alpha value is -3.75. The second-order valence-corrected chi connectivity index (χ2v) is 13.0. The third-order valence-corrected chi connectivity index (χ3v) is 10.0. The molecule has 4 N–H and O–H groups in total. The molecule has 11 nitrogen and oxygen atoms in total. The highest BCUT2D eigenvalue weighted by Gasteiger charge is 2.68. The van der Waals surface area contributed by atoms with Gasteiger partial charge in [-0.3, -0.25) is 29.0 Å². The molecule has 0 aromatic heterocycles. The number of likely N-dealkylation sites (tertiary alicyclic amines) is 1. The number of aliphatic hydroxyl groups is 3. The van der Waals surface area contributed by atoms with Gasteiger partial charge in [0.25, 0.3) is 0 Å². The van der Waals surface area contributed by atoms with Crippen molar-refractivity contribution in [2.24, 2.45) is 17.8 Å². The summed E-state index contributed by atoms with van der Waals surface area (Å²) < 4.78 is 45.2. The highest BCUT2D eigenvalue weighted by Crippen LogP contribution is 2.56. The molecule has 0 bridgehead atoms. The molecular formula is C32H37F3N2O9. The predicted molar refractivity (Wildman–Crippen MR) is 155 cm³/mol. The number of carbonyl (C=O) groups is 4. The number of hydrogen-bond donors (Lipinski definition) is 4. The molecular weight excluding hydrogens is 613 g/mol. The van der Waals surface area contributed by atoms with Crippen molar-refractivity contribution in [3.63, 3.8) is 0 Å². The van der Waals surface area contributed by atoms with Gasteiger partial charge in [-0.05, 0) is 58.4 Å². The molecule has 46 heavy (non-hydrogen) atoms. The number of rotatable bonds is 5. The monoisotopic (exact) mass is 650 g/mol. The van der Waals surface area contributed by atoms with Crippen LogP contribution >= 0.6 is 0 Å². The average Bonchev–Trinajstić information content (AvgIpc) is 2.95. The van der Waals surface area contributed by atoms with Gasteiger partial charge in [0, 0.05) is 30.5 Å². The Labute approximate surface area is 262 Å². The molecule has 5 rings (SSSR count). The molecule has 250 valence electrons. The number of Topliss-reactive ketones (excluding diaryl/α,β-unsaturated/α-hetero) is 3. The van der Waals surface area contributed by atoms with Crippen LogP contribution in [0.15, 0.2) is 34.8 Å². The number of aliphatic hydroxyl groups excluding tert-OH is 2. The van der Waals surface area contributed by atoms with Gasteiger partial charge in [-0.2, -0.15) is 13.2 Å². The van der Waals surface area contributed by atoms with Gasteiger partial charge in [-0.15, -0.1) is 0 Å². The highest BCUT2D eigenvalue weighted by atomic mass is 19.4. The maximum atomic E-state index is 14.3. The number of ketones is 3. The molecule has 4 aliphatic rings. The molecule has 0 radical (unpaired) electrons. The van der Waals surface area contributed by atoms with Gasteiger partial charge >= 0.3 is 12.1 Å². The van der Waals surface area contributed by atoms with Crippen molar-refractivity contribution < 1.29 is 57.5 Å². The van der Waals surface area contributed by atoms with Gasteiger partial charge in [0.1, 0.15) is 28.9 Å². The number of alkyl halides is 3. The molecule has 0 amide bonds. The number of likely N-dealkylation sites (N-methyl/N-ethyl adjacent to an activating group) is 1. The summed E-state index contributed by atoms with van der Waals surface area (Å²) in [6, 6.07) is 1.83. The predicted octanol–water partition coefficient (Wildman–Crippen LogP) is 3.10. The largest absolute Gasteiger partial charge is 0.510 e. The maximum absolute atomic E-state index is 14.3. The van der Waals surface area contributed by atoms with Gasteiger partial charge in [0.05, 0.1) is 23.4 Å². The Morgan fingerprint density at radius 1 is 1.09 bits per heavy atom. The van der Waals surface area contributed by atoms with Crippen molar-refractivity contribution in [3.8, 4) is 5.75 Å². The summed E-state index contributed by atoms with van der Waals surface area (Å²) in [6.45, 7) is 4.00. The summed E-state index contributed by atoms with van der Waals surface area (Å²) in [5, 5.41) is 46.4. The summed E-state index contributed by atoms with van der Waals surface area (Å²) in [5.74, 6) is -11.2. The summed E-state index contributed by atoms with van der Waals surface area (Å²) in [4.78, 5) is 56.2. The van der Waals surface area contributed by atoms with Crippen LogP contribution in [-0.2, 0) is 25.7 Å². The summed E-state index contributed by atoms with van der Waals surface area (Å²) in [6.07, 6.45) is -5.99. The zero-order valence-electron chi connectivity index (χ0n) is 26.0. The molecule has 6 atom stereocenters. The van der Waals surface area contributed by atoms with E-state index in [1.807, 2.05) is 0 Å². The van der Waals surface area contributed by atoms with E-state index in [4.69, 9.17) is 4.74 Å². The lowest BCUT2D eigenvalue weighted by atomic mass is 9.55. The molecule has 0 saturated carbocycles. The number of halogens is 3. The van der Waals surface area contributed by atoms with E-state index in [9.17, 15) is 52.8 Å². The lowest BCUT2D eigenvalue weighted by Gasteiger charge is -2.54.